The summed E-state index contributed by atoms with van der Waals surface area (Å²) in [7, 11) is 1.18. The normalized spacial score (nSPS) is 13.3. The molecule has 0 N–H and O–H groups in total. The highest BCUT2D eigenvalue weighted by Crippen LogP contribution is 2.38. The van der Waals surface area contributed by atoms with Crippen molar-refractivity contribution in [1.82, 2.24) is 0 Å². The van der Waals surface area contributed by atoms with Gasteiger partial charge >= 0.3 is 11.9 Å². The molecule has 0 aliphatic rings. The second kappa shape index (κ2) is 72.0. The summed E-state index contributed by atoms with van der Waals surface area (Å²) in [4.78, 5) is 38.2. The SMILES string of the molecule is CC/C=C\C/C=C\C/C=C\C/C=C\C/C=C\CCCCCCCCCCCCCCCCCC(=O)OC(COC(=O)CCCCCCCCCCCCCCCCCCCCCCCCCCCCCCCCCCCCCC)COP(=O)([O-])OCC[N+](C)(C)C. The fourth-order valence-electron chi connectivity index (χ4n) is 11.8. The largest absolute Gasteiger partial charge is 0.756 e. The molecule has 0 spiro atoms. The summed E-state index contributed by atoms with van der Waals surface area (Å²) in [6.07, 6.45) is 96.3. The first-order chi connectivity index (χ1) is 44.5. The maximum Gasteiger partial charge on any atom is 0.306 e. The second-order valence-corrected chi connectivity index (χ2v) is 29.5. The highest BCUT2D eigenvalue weighted by molar-refractivity contribution is 7.45. The lowest BCUT2D eigenvalue weighted by Crippen LogP contribution is -2.37. The van der Waals surface area contributed by atoms with Gasteiger partial charge in [0.1, 0.15) is 19.8 Å². The molecule has 0 heterocycles. The Morgan fingerprint density at radius 1 is 0.352 bits per heavy atom. The maximum absolute atomic E-state index is 12.9. The molecular weight excluding hydrogens is 1150 g/mol. The summed E-state index contributed by atoms with van der Waals surface area (Å²) in [6.45, 7) is 4.20. The van der Waals surface area contributed by atoms with Gasteiger partial charge in [0.2, 0.25) is 0 Å². The Balaban J connectivity index is 3.92. The van der Waals surface area contributed by atoms with Gasteiger partial charge in [0.15, 0.2) is 6.10 Å². The Morgan fingerprint density at radius 2 is 0.626 bits per heavy atom. The Bertz CT molecular complexity index is 1720. The van der Waals surface area contributed by atoms with Crippen LogP contribution in [0.1, 0.15) is 393 Å². The molecule has 0 aliphatic carbocycles. The number of ether oxygens (including phenoxy) is 2. The van der Waals surface area contributed by atoms with Gasteiger partial charge in [0, 0.05) is 12.8 Å². The van der Waals surface area contributed by atoms with Crippen LogP contribution < -0.4 is 4.89 Å². The van der Waals surface area contributed by atoms with Crippen LogP contribution in [0.4, 0.5) is 0 Å². The number of allylic oxidation sites excluding steroid dienone is 10. The van der Waals surface area contributed by atoms with E-state index < -0.39 is 26.5 Å². The van der Waals surface area contributed by atoms with Crippen molar-refractivity contribution < 1.29 is 42.1 Å². The van der Waals surface area contributed by atoms with Crippen molar-refractivity contribution in [2.75, 3.05) is 47.5 Å². The quantitative estimate of drug-likeness (QED) is 0.0195. The van der Waals surface area contributed by atoms with Crippen LogP contribution in [0.2, 0.25) is 0 Å². The molecule has 9 nitrogen and oxygen atoms in total. The molecule has 2 unspecified atom stereocenters. The number of phosphoric ester groups is 1. The van der Waals surface area contributed by atoms with E-state index in [0.29, 0.717) is 17.4 Å². The third-order valence-corrected chi connectivity index (χ3v) is 18.8. The topological polar surface area (TPSA) is 111 Å². The molecule has 0 aromatic heterocycles. The molecule has 0 rings (SSSR count). The van der Waals surface area contributed by atoms with Crippen molar-refractivity contribution in [3.8, 4) is 0 Å². The van der Waals surface area contributed by atoms with Gasteiger partial charge in [0.25, 0.3) is 7.82 Å². The van der Waals surface area contributed by atoms with Gasteiger partial charge in [0.05, 0.1) is 27.7 Å². The number of esters is 2. The van der Waals surface area contributed by atoms with Crippen LogP contribution in [-0.2, 0) is 32.7 Å². The highest BCUT2D eigenvalue weighted by atomic mass is 31.2. The summed E-state index contributed by atoms with van der Waals surface area (Å²) in [5.41, 5.74) is 0. The van der Waals surface area contributed by atoms with E-state index in [1.54, 1.807) is 0 Å². The highest BCUT2D eigenvalue weighted by Gasteiger charge is 2.22. The van der Waals surface area contributed by atoms with Gasteiger partial charge in [-0.15, -0.1) is 0 Å². The molecule has 0 fully saturated rings. The molecule has 534 valence electrons. The summed E-state index contributed by atoms with van der Waals surface area (Å²) in [6, 6.07) is 0. The van der Waals surface area contributed by atoms with Gasteiger partial charge in [-0.2, -0.15) is 0 Å². The lowest BCUT2D eigenvalue weighted by Gasteiger charge is -2.28. The molecule has 91 heavy (non-hydrogen) atoms. The summed E-state index contributed by atoms with van der Waals surface area (Å²) >= 11 is 0. The van der Waals surface area contributed by atoms with Crippen LogP contribution >= 0.6 is 7.82 Å². The average Bonchev–Trinajstić information content (AvgIpc) is 3.30. The number of hydrogen-bond acceptors (Lipinski definition) is 8. The Morgan fingerprint density at radius 3 is 0.934 bits per heavy atom. The van der Waals surface area contributed by atoms with Gasteiger partial charge in [-0.1, -0.05) is 383 Å². The number of rotatable bonds is 74. The number of phosphoric acid groups is 1. The molecule has 0 aromatic carbocycles. The van der Waals surface area contributed by atoms with E-state index in [1.807, 2.05) is 21.1 Å². The molecule has 0 radical (unpaired) electrons. The Hall–Kier alpha value is -2.29. The lowest BCUT2D eigenvalue weighted by molar-refractivity contribution is -0.870. The molecule has 10 heteroatoms. The molecule has 0 saturated heterocycles. The number of likely N-dealkylation sites (N-methyl/N-ethyl adjacent to an activating group) is 1. The standard InChI is InChI=1S/C81H152NO8P/c1-6-8-10-12-14-16-18-20-22-24-26-28-30-32-34-36-38-39-40-41-42-44-45-47-49-51-53-55-57-59-61-63-65-67-69-71-73-80(83)87-77-79(78-89-91(85,86)88-76-75-82(3,4)5)90-81(84)74-72-70-68-66-64-62-60-58-56-54-52-50-48-46-43-37-35-33-31-29-27-25-23-21-19-17-15-13-11-9-7-2/h9,11,15,17,21,23,27,29,33,35,79H,6-8,10,12-14,16,18-20,22,24-26,28,30-32,34,36-78H2,1-5H3/b11-9-,17-15-,23-21-,29-27-,35-33-. The number of carbonyl (C=O) groups is 2. The van der Waals surface area contributed by atoms with Gasteiger partial charge in [-0.25, -0.2) is 0 Å². The van der Waals surface area contributed by atoms with Crippen LogP contribution in [0, 0.1) is 0 Å². The molecule has 2 atom stereocenters. The number of hydrogen-bond donors (Lipinski definition) is 0. The maximum atomic E-state index is 12.9. The van der Waals surface area contributed by atoms with Crippen LogP contribution in [0.15, 0.2) is 60.8 Å². The van der Waals surface area contributed by atoms with Crippen LogP contribution in [0.3, 0.4) is 0 Å². The van der Waals surface area contributed by atoms with E-state index in [2.05, 4.69) is 74.6 Å². The monoisotopic (exact) mass is 1300 g/mol. The molecule has 0 aromatic rings. The molecule has 0 amide bonds. The summed E-state index contributed by atoms with van der Waals surface area (Å²) in [5, 5.41) is 0. The first-order valence-electron chi connectivity index (χ1n) is 39.5. The van der Waals surface area contributed by atoms with E-state index >= 15 is 0 Å². The second-order valence-electron chi connectivity index (χ2n) is 28.1. The zero-order valence-electron chi connectivity index (χ0n) is 61.1. The van der Waals surface area contributed by atoms with Crippen LogP contribution in [-0.4, -0.2) is 70.0 Å². The van der Waals surface area contributed by atoms with Crippen molar-refractivity contribution >= 4 is 19.8 Å². The predicted octanol–water partition coefficient (Wildman–Crippen LogP) is 25.5. The van der Waals surface area contributed by atoms with E-state index in [9.17, 15) is 19.0 Å². The minimum atomic E-state index is -4.64. The van der Waals surface area contributed by atoms with Crippen LogP contribution in [0.25, 0.3) is 0 Å². The van der Waals surface area contributed by atoms with Crippen molar-refractivity contribution in [3.63, 3.8) is 0 Å². The third-order valence-electron chi connectivity index (χ3n) is 17.8. The molecule has 0 aliphatic heterocycles. The van der Waals surface area contributed by atoms with Gasteiger partial charge < -0.3 is 27.9 Å². The summed E-state index contributed by atoms with van der Waals surface area (Å²) in [5.74, 6) is -0.814. The zero-order chi connectivity index (χ0) is 66.2. The Labute approximate surface area is 566 Å². The van der Waals surface area contributed by atoms with Crippen molar-refractivity contribution in [1.29, 1.82) is 0 Å². The first kappa shape index (κ1) is 88.7. The van der Waals surface area contributed by atoms with Crippen molar-refractivity contribution in [2.45, 2.75) is 399 Å². The Kier molecular flexibility index (Phi) is 70.2. The molecule has 0 bridgehead atoms. The number of carbonyl (C=O) groups excluding carboxylic acids is 2. The summed E-state index contributed by atoms with van der Waals surface area (Å²) < 4.78 is 34.4. The first-order valence-corrected chi connectivity index (χ1v) is 41.0. The van der Waals surface area contributed by atoms with Crippen LogP contribution in [0.5, 0.6) is 0 Å². The fraction of sp³-hybridized carbons (Fsp3) is 0.852. The molecule has 0 saturated carbocycles. The fourth-order valence-corrected chi connectivity index (χ4v) is 12.5. The van der Waals surface area contributed by atoms with E-state index in [1.165, 1.54) is 289 Å². The van der Waals surface area contributed by atoms with E-state index in [4.69, 9.17) is 18.5 Å². The minimum absolute atomic E-state index is 0.0296. The number of nitrogens with zero attached hydrogens (tertiary/aromatic N) is 1. The molecular formula is C81H152NO8P. The zero-order valence-corrected chi connectivity index (χ0v) is 62.0. The van der Waals surface area contributed by atoms with Crippen molar-refractivity contribution in [2.24, 2.45) is 0 Å². The predicted molar refractivity (Wildman–Crippen MR) is 393 cm³/mol. The average molecular weight is 1300 g/mol. The minimum Gasteiger partial charge on any atom is -0.756 e. The lowest BCUT2D eigenvalue weighted by atomic mass is 10.0. The van der Waals surface area contributed by atoms with Gasteiger partial charge in [-0.3, -0.25) is 14.2 Å². The van der Waals surface area contributed by atoms with E-state index in [-0.39, 0.29) is 32.0 Å². The smallest absolute Gasteiger partial charge is 0.306 e. The number of quaternary nitrogens is 1. The van der Waals surface area contributed by atoms with E-state index in [0.717, 1.165) is 70.6 Å². The third kappa shape index (κ3) is 76.6. The van der Waals surface area contributed by atoms with Crippen molar-refractivity contribution in [3.05, 3.63) is 60.8 Å². The van der Waals surface area contributed by atoms with Gasteiger partial charge in [-0.05, 0) is 57.8 Å². The number of unbranched alkanes of at least 4 members (excludes halogenated alkanes) is 50.